The van der Waals surface area contributed by atoms with Gasteiger partial charge < -0.3 is 25.0 Å². The maximum absolute atomic E-state index is 5.36. The van der Waals surface area contributed by atoms with Crippen LogP contribution in [0.15, 0.2) is 23.2 Å². The Morgan fingerprint density at radius 3 is 2.48 bits per heavy atom. The van der Waals surface area contributed by atoms with Gasteiger partial charge in [0.25, 0.3) is 0 Å². The predicted molar refractivity (Wildman–Crippen MR) is 103 cm³/mol. The van der Waals surface area contributed by atoms with Gasteiger partial charge in [0.05, 0.1) is 20.8 Å². The average molecular weight is 348 g/mol. The van der Waals surface area contributed by atoms with Gasteiger partial charge in [0.2, 0.25) is 0 Å². The first-order valence-corrected chi connectivity index (χ1v) is 8.98. The van der Waals surface area contributed by atoms with Crippen molar-refractivity contribution >= 4 is 5.96 Å². The van der Waals surface area contributed by atoms with Crippen molar-refractivity contribution in [2.24, 2.45) is 10.9 Å². The predicted octanol–water partition coefficient (Wildman–Crippen LogP) is 2.10. The Labute approximate surface area is 151 Å². The van der Waals surface area contributed by atoms with E-state index in [4.69, 9.17) is 14.5 Å². The third-order valence-corrected chi connectivity index (χ3v) is 4.52. The molecular weight excluding hydrogens is 316 g/mol. The fourth-order valence-corrected chi connectivity index (χ4v) is 2.94. The van der Waals surface area contributed by atoms with Gasteiger partial charge in [-0.1, -0.05) is 6.07 Å². The van der Waals surface area contributed by atoms with Gasteiger partial charge in [-0.25, -0.2) is 4.99 Å². The molecule has 1 aliphatic carbocycles. The summed E-state index contributed by atoms with van der Waals surface area (Å²) in [5.74, 6) is 3.13. The van der Waals surface area contributed by atoms with Crippen molar-refractivity contribution in [3.63, 3.8) is 0 Å². The molecule has 6 heteroatoms. The van der Waals surface area contributed by atoms with E-state index in [9.17, 15) is 0 Å². The highest BCUT2D eigenvalue weighted by Gasteiger charge is 2.32. The van der Waals surface area contributed by atoms with E-state index >= 15 is 0 Å². The Morgan fingerprint density at radius 2 is 1.92 bits per heavy atom. The highest BCUT2D eigenvalue weighted by molar-refractivity contribution is 5.79. The van der Waals surface area contributed by atoms with Crippen molar-refractivity contribution in [1.29, 1.82) is 0 Å². The van der Waals surface area contributed by atoms with Crippen LogP contribution in [0.5, 0.6) is 11.5 Å². The summed E-state index contributed by atoms with van der Waals surface area (Å²) in [7, 11) is 7.59. The Morgan fingerprint density at radius 1 is 1.20 bits per heavy atom. The molecule has 1 saturated carbocycles. The van der Waals surface area contributed by atoms with Crippen molar-refractivity contribution < 1.29 is 9.47 Å². The molecule has 1 aromatic rings. The lowest BCUT2D eigenvalue weighted by Crippen LogP contribution is -2.46. The zero-order valence-electron chi connectivity index (χ0n) is 16.1. The SMILES string of the molecule is CCNC(=NCc1ccc(OC)c(OC)c1)NCC(C1CC1)N(C)C. The number of hydrogen-bond acceptors (Lipinski definition) is 4. The molecule has 0 heterocycles. The van der Waals surface area contributed by atoms with Gasteiger partial charge in [-0.3, -0.25) is 0 Å². The maximum Gasteiger partial charge on any atom is 0.191 e. The van der Waals surface area contributed by atoms with E-state index in [1.54, 1.807) is 14.2 Å². The van der Waals surface area contributed by atoms with Crippen LogP contribution in [-0.2, 0) is 6.54 Å². The number of likely N-dealkylation sites (N-methyl/N-ethyl adjacent to an activating group) is 1. The van der Waals surface area contributed by atoms with E-state index in [1.165, 1.54) is 12.8 Å². The molecule has 0 bridgehead atoms. The summed E-state index contributed by atoms with van der Waals surface area (Å²) in [6, 6.07) is 6.46. The van der Waals surface area contributed by atoms with Gasteiger partial charge in [0.15, 0.2) is 17.5 Å². The zero-order valence-corrected chi connectivity index (χ0v) is 16.1. The van der Waals surface area contributed by atoms with Crippen molar-refractivity contribution in [1.82, 2.24) is 15.5 Å². The number of benzene rings is 1. The summed E-state index contributed by atoms with van der Waals surface area (Å²) in [5, 5.41) is 6.81. The summed E-state index contributed by atoms with van der Waals surface area (Å²) in [6.07, 6.45) is 2.67. The molecule has 1 unspecified atom stereocenters. The Kier molecular flexibility index (Phi) is 7.37. The standard InChI is InChI=1S/C19H32N4O2/c1-6-20-19(22-13-16(23(2)3)15-8-9-15)21-12-14-7-10-17(24-4)18(11-14)25-5/h7,10-11,15-16H,6,8-9,12-13H2,1-5H3,(H2,20,21,22). The molecule has 1 atom stereocenters. The molecule has 0 saturated heterocycles. The zero-order chi connectivity index (χ0) is 18.2. The number of hydrogen-bond donors (Lipinski definition) is 2. The summed E-state index contributed by atoms with van der Waals surface area (Å²) in [5.41, 5.74) is 1.08. The van der Waals surface area contributed by atoms with Crippen molar-refractivity contribution in [2.75, 3.05) is 41.4 Å². The Balaban J connectivity index is 1.98. The Hall–Kier alpha value is -1.95. The molecule has 1 aliphatic rings. The van der Waals surface area contributed by atoms with Crippen molar-refractivity contribution in [3.05, 3.63) is 23.8 Å². The summed E-state index contributed by atoms with van der Waals surface area (Å²) in [4.78, 5) is 7.01. The molecule has 1 aromatic carbocycles. The average Bonchev–Trinajstić information content (AvgIpc) is 3.44. The number of ether oxygens (including phenoxy) is 2. The van der Waals surface area contributed by atoms with Gasteiger partial charge in [-0.15, -0.1) is 0 Å². The van der Waals surface area contributed by atoms with Crippen molar-refractivity contribution in [3.8, 4) is 11.5 Å². The first kappa shape index (κ1) is 19.4. The summed E-state index contributed by atoms with van der Waals surface area (Å²) >= 11 is 0. The van der Waals surface area contributed by atoms with Gasteiger partial charge >= 0.3 is 0 Å². The van der Waals surface area contributed by atoms with E-state index in [2.05, 4.69) is 36.6 Å². The number of nitrogens with zero attached hydrogens (tertiary/aromatic N) is 2. The first-order valence-electron chi connectivity index (χ1n) is 8.98. The molecule has 2 N–H and O–H groups in total. The highest BCUT2D eigenvalue weighted by Crippen LogP contribution is 2.34. The van der Waals surface area contributed by atoms with E-state index in [0.717, 1.165) is 42.0 Å². The molecule has 1 fully saturated rings. The van der Waals surface area contributed by atoms with Crippen LogP contribution in [0.3, 0.4) is 0 Å². The largest absolute Gasteiger partial charge is 0.493 e. The Bertz CT molecular complexity index is 569. The summed E-state index contributed by atoms with van der Waals surface area (Å²) in [6.45, 7) is 4.42. The van der Waals surface area contributed by atoms with Crippen LogP contribution in [0.4, 0.5) is 0 Å². The van der Waals surface area contributed by atoms with Crippen LogP contribution in [-0.4, -0.2) is 58.3 Å². The van der Waals surface area contributed by atoms with Crippen molar-refractivity contribution in [2.45, 2.75) is 32.4 Å². The van der Waals surface area contributed by atoms with E-state index in [-0.39, 0.29) is 0 Å². The molecular formula is C19H32N4O2. The fraction of sp³-hybridized carbons (Fsp3) is 0.632. The lowest BCUT2D eigenvalue weighted by Gasteiger charge is -2.25. The van der Waals surface area contributed by atoms with Gasteiger partial charge in [-0.2, -0.15) is 0 Å². The lowest BCUT2D eigenvalue weighted by atomic mass is 10.1. The van der Waals surface area contributed by atoms with Crippen LogP contribution >= 0.6 is 0 Å². The second kappa shape index (κ2) is 9.51. The topological polar surface area (TPSA) is 58.1 Å². The van der Waals surface area contributed by atoms with Gasteiger partial charge in [-0.05, 0) is 57.5 Å². The van der Waals surface area contributed by atoms with Crippen LogP contribution in [0.25, 0.3) is 0 Å². The third-order valence-electron chi connectivity index (χ3n) is 4.52. The molecule has 6 nitrogen and oxygen atoms in total. The number of guanidine groups is 1. The lowest BCUT2D eigenvalue weighted by molar-refractivity contribution is 0.264. The molecule has 0 radical (unpaired) electrons. The second-order valence-electron chi connectivity index (χ2n) is 6.63. The fourth-order valence-electron chi connectivity index (χ4n) is 2.94. The maximum atomic E-state index is 5.36. The highest BCUT2D eigenvalue weighted by atomic mass is 16.5. The molecule has 0 aliphatic heterocycles. The molecule has 140 valence electrons. The van der Waals surface area contributed by atoms with Gasteiger partial charge in [0, 0.05) is 19.1 Å². The van der Waals surface area contributed by atoms with E-state index < -0.39 is 0 Å². The monoisotopic (exact) mass is 348 g/mol. The molecule has 25 heavy (non-hydrogen) atoms. The molecule has 0 spiro atoms. The third kappa shape index (κ3) is 5.81. The van der Waals surface area contributed by atoms with Crippen LogP contribution < -0.4 is 20.1 Å². The second-order valence-corrected chi connectivity index (χ2v) is 6.63. The minimum absolute atomic E-state index is 0.560. The van der Waals surface area contributed by atoms with Crippen LogP contribution in [0.1, 0.15) is 25.3 Å². The van der Waals surface area contributed by atoms with Crippen LogP contribution in [0, 0.1) is 5.92 Å². The van der Waals surface area contributed by atoms with Crippen LogP contribution in [0.2, 0.25) is 0 Å². The summed E-state index contributed by atoms with van der Waals surface area (Å²) < 4.78 is 10.6. The molecule has 2 rings (SSSR count). The smallest absolute Gasteiger partial charge is 0.191 e. The molecule has 0 aromatic heterocycles. The number of aliphatic imine (C=N–C) groups is 1. The number of nitrogens with one attached hydrogen (secondary N) is 2. The van der Waals surface area contributed by atoms with Gasteiger partial charge in [0.1, 0.15) is 0 Å². The first-order chi connectivity index (χ1) is 12.1. The molecule has 0 amide bonds. The number of rotatable bonds is 9. The van der Waals surface area contributed by atoms with E-state index in [1.807, 2.05) is 18.2 Å². The number of methoxy groups -OCH3 is 2. The quantitative estimate of drug-likeness (QED) is 0.529. The minimum Gasteiger partial charge on any atom is -0.493 e. The normalized spacial score (nSPS) is 15.8. The van der Waals surface area contributed by atoms with E-state index in [0.29, 0.717) is 12.6 Å². The minimum atomic E-state index is 0.560.